The van der Waals surface area contributed by atoms with Gasteiger partial charge in [0.15, 0.2) is 0 Å². The van der Waals surface area contributed by atoms with Crippen molar-refractivity contribution < 1.29 is 22.1 Å². The summed E-state index contributed by atoms with van der Waals surface area (Å²) in [4.78, 5) is 13.1. The molecule has 104 valence electrons. The molecule has 1 aliphatic heterocycles. The zero-order valence-electron chi connectivity index (χ0n) is 11.1. The molecule has 1 rings (SSSR count). The molecule has 0 bridgehead atoms. The first kappa shape index (κ1) is 14.8. The van der Waals surface area contributed by atoms with Gasteiger partial charge in [-0.1, -0.05) is 0 Å². The van der Waals surface area contributed by atoms with Crippen LogP contribution in [0.15, 0.2) is 12.0 Å². The average molecular weight is 277 g/mol. The Labute approximate surface area is 108 Å². The molecule has 0 unspecified atom stereocenters. The molecular weight excluding hydrogens is 258 g/mol. The fourth-order valence-corrected chi connectivity index (χ4v) is 1.90. The molecule has 0 N–H and O–H groups in total. The van der Waals surface area contributed by atoms with Crippen molar-refractivity contribution in [2.75, 3.05) is 12.8 Å². The Morgan fingerprint density at radius 3 is 2.50 bits per heavy atom. The van der Waals surface area contributed by atoms with Crippen LogP contribution in [0.2, 0.25) is 0 Å². The molecule has 0 aromatic rings. The Bertz CT molecular complexity index is 447. The molecule has 0 radical (unpaired) electrons. The maximum absolute atomic E-state index is 11.9. The topological polar surface area (TPSA) is 72.9 Å². The van der Waals surface area contributed by atoms with Gasteiger partial charge in [-0.25, -0.2) is 9.69 Å². The second-order valence-corrected chi connectivity index (χ2v) is 6.68. The lowest BCUT2D eigenvalue weighted by atomic mass is 10.2. The van der Waals surface area contributed by atoms with Crippen molar-refractivity contribution in [1.29, 1.82) is 0 Å². The lowest BCUT2D eigenvalue weighted by molar-refractivity contribution is 0.0231. The Hall–Kier alpha value is -1.24. The smallest absolute Gasteiger partial charge is 0.417 e. The summed E-state index contributed by atoms with van der Waals surface area (Å²) in [5.74, 6) is 0.0259. The van der Waals surface area contributed by atoms with E-state index in [1.54, 1.807) is 26.8 Å². The van der Waals surface area contributed by atoms with Crippen LogP contribution in [0.3, 0.4) is 0 Å². The van der Waals surface area contributed by atoms with Gasteiger partial charge in [0.2, 0.25) is 5.88 Å². The van der Waals surface area contributed by atoms with Crippen LogP contribution in [-0.4, -0.2) is 37.8 Å². The number of allylic oxidation sites excluding steroid dienone is 1. The van der Waals surface area contributed by atoms with Crippen molar-refractivity contribution in [2.45, 2.75) is 39.2 Å². The molecule has 7 heteroatoms. The molecule has 0 fully saturated rings. The van der Waals surface area contributed by atoms with Gasteiger partial charge in [0.05, 0.1) is 6.26 Å². The minimum atomic E-state index is -3.65. The molecule has 1 aliphatic rings. The fourth-order valence-electron chi connectivity index (χ4n) is 1.43. The second-order valence-electron chi connectivity index (χ2n) is 5.10. The van der Waals surface area contributed by atoms with Gasteiger partial charge >= 0.3 is 16.2 Å². The van der Waals surface area contributed by atoms with Crippen LogP contribution in [0.4, 0.5) is 4.79 Å². The molecule has 6 nitrogen and oxygen atoms in total. The van der Waals surface area contributed by atoms with Crippen molar-refractivity contribution in [3.8, 4) is 0 Å². The summed E-state index contributed by atoms with van der Waals surface area (Å²) < 4.78 is 32.2. The standard InChI is InChI=1S/C11H19NO5S/c1-11(2,3)16-10(13)12-8-6-5-7-9(12)17-18(4,14)15/h7H,5-6,8H2,1-4H3. The summed E-state index contributed by atoms with van der Waals surface area (Å²) in [6.45, 7) is 5.62. The van der Waals surface area contributed by atoms with Crippen LogP contribution in [-0.2, 0) is 19.0 Å². The van der Waals surface area contributed by atoms with Gasteiger partial charge in [0.1, 0.15) is 5.60 Å². The molecule has 0 aromatic carbocycles. The summed E-state index contributed by atoms with van der Waals surface area (Å²) in [7, 11) is -3.65. The average Bonchev–Trinajstić information content (AvgIpc) is 2.12. The molecule has 0 atom stereocenters. The third-order valence-corrected chi connectivity index (χ3v) is 2.49. The summed E-state index contributed by atoms with van der Waals surface area (Å²) in [6.07, 6.45) is 3.33. The van der Waals surface area contributed by atoms with E-state index in [1.807, 2.05) is 0 Å². The number of amides is 1. The zero-order valence-corrected chi connectivity index (χ0v) is 11.9. The lowest BCUT2D eigenvalue weighted by Gasteiger charge is -2.29. The number of hydrogen-bond donors (Lipinski definition) is 0. The van der Waals surface area contributed by atoms with E-state index in [2.05, 4.69) is 0 Å². The predicted molar refractivity (Wildman–Crippen MR) is 66.2 cm³/mol. The Morgan fingerprint density at radius 2 is 2.00 bits per heavy atom. The van der Waals surface area contributed by atoms with Crippen LogP contribution in [0.25, 0.3) is 0 Å². The molecule has 1 amide bonds. The molecule has 0 saturated heterocycles. The normalized spacial score (nSPS) is 17.1. The van der Waals surface area contributed by atoms with Gasteiger partial charge in [-0.05, 0) is 39.7 Å². The summed E-state index contributed by atoms with van der Waals surface area (Å²) in [6, 6.07) is 0. The SMILES string of the molecule is CC(C)(C)OC(=O)N1CCCC=C1OS(C)(=O)=O. The molecule has 0 aromatic heterocycles. The highest BCUT2D eigenvalue weighted by molar-refractivity contribution is 7.86. The van der Waals surface area contributed by atoms with E-state index in [4.69, 9.17) is 8.92 Å². The maximum Gasteiger partial charge on any atom is 0.417 e. The predicted octanol–water partition coefficient (Wildman–Crippen LogP) is 1.83. The highest BCUT2D eigenvalue weighted by Gasteiger charge is 2.28. The third-order valence-electron chi connectivity index (χ3n) is 2.02. The fraction of sp³-hybridized carbons (Fsp3) is 0.727. The van der Waals surface area contributed by atoms with Gasteiger partial charge in [0.25, 0.3) is 0 Å². The van der Waals surface area contributed by atoms with Gasteiger partial charge in [-0.15, -0.1) is 0 Å². The lowest BCUT2D eigenvalue weighted by Crippen LogP contribution is -2.39. The number of hydrogen-bond acceptors (Lipinski definition) is 5. The van der Waals surface area contributed by atoms with E-state index in [-0.39, 0.29) is 5.88 Å². The minimum absolute atomic E-state index is 0.0259. The highest BCUT2D eigenvalue weighted by atomic mass is 32.2. The Balaban J connectivity index is 2.82. The summed E-state index contributed by atoms with van der Waals surface area (Å²) in [5.41, 5.74) is -0.634. The summed E-state index contributed by atoms with van der Waals surface area (Å²) >= 11 is 0. The Kier molecular flexibility index (Phi) is 4.26. The zero-order chi connectivity index (χ0) is 14.0. The largest absolute Gasteiger partial charge is 0.443 e. The molecule has 18 heavy (non-hydrogen) atoms. The minimum Gasteiger partial charge on any atom is -0.443 e. The maximum atomic E-state index is 11.9. The quantitative estimate of drug-likeness (QED) is 0.720. The van der Waals surface area contributed by atoms with Gasteiger partial charge in [0, 0.05) is 6.54 Å². The van der Waals surface area contributed by atoms with Crippen molar-refractivity contribution >= 4 is 16.2 Å². The van der Waals surface area contributed by atoms with Crippen molar-refractivity contribution in [2.24, 2.45) is 0 Å². The number of carbonyl (C=O) groups excluding carboxylic acids is 1. The van der Waals surface area contributed by atoms with E-state index in [9.17, 15) is 13.2 Å². The van der Waals surface area contributed by atoms with E-state index >= 15 is 0 Å². The summed E-state index contributed by atoms with van der Waals surface area (Å²) in [5, 5.41) is 0. The van der Waals surface area contributed by atoms with E-state index in [0.717, 1.165) is 12.7 Å². The molecule has 0 saturated carbocycles. The van der Waals surface area contributed by atoms with Gasteiger partial charge < -0.3 is 8.92 Å². The first-order chi connectivity index (χ1) is 8.08. The van der Waals surface area contributed by atoms with Crippen LogP contribution in [0.1, 0.15) is 33.6 Å². The molecule has 1 heterocycles. The number of rotatable bonds is 2. The van der Waals surface area contributed by atoms with Crippen molar-refractivity contribution in [3.63, 3.8) is 0 Å². The first-order valence-electron chi connectivity index (χ1n) is 5.69. The van der Waals surface area contributed by atoms with E-state index in [1.165, 1.54) is 4.90 Å². The van der Waals surface area contributed by atoms with Gasteiger partial charge in [-0.2, -0.15) is 8.42 Å². The first-order valence-corrected chi connectivity index (χ1v) is 7.50. The second kappa shape index (κ2) is 5.17. The van der Waals surface area contributed by atoms with Crippen molar-refractivity contribution in [3.05, 3.63) is 12.0 Å². The molecule has 0 aliphatic carbocycles. The number of ether oxygens (including phenoxy) is 1. The highest BCUT2D eigenvalue weighted by Crippen LogP contribution is 2.21. The van der Waals surface area contributed by atoms with Crippen LogP contribution in [0, 0.1) is 0 Å². The monoisotopic (exact) mass is 277 g/mol. The third kappa shape index (κ3) is 4.95. The molecule has 0 spiro atoms. The van der Waals surface area contributed by atoms with E-state index < -0.39 is 21.8 Å². The van der Waals surface area contributed by atoms with Gasteiger partial charge in [-0.3, -0.25) is 0 Å². The van der Waals surface area contributed by atoms with Crippen LogP contribution in [0.5, 0.6) is 0 Å². The number of carbonyl (C=O) groups is 1. The van der Waals surface area contributed by atoms with Crippen molar-refractivity contribution in [1.82, 2.24) is 4.90 Å². The van der Waals surface area contributed by atoms with Crippen LogP contribution < -0.4 is 0 Å². The Morgan fingerprint density at radius 1 is 1.39 bits per heavy atom. The number of nitrogens with zero attached hydrogens (tertiary/aromatic N) is 1. The van der Waals surface area contributed by atoms with Crippen LogP contribution >= 0.6 is 0 Å². The van der Waals surface area contributed by atoms with E-state index in [0.29, 0.717) is 13.0 Å². The molecular formula is C11H19NO5S.